The SMILES string of the molecule is COc1cccc(C=NNC(=O)COc2ccc([N+](=O)[O-])cc2)c1O. The van der Waals surface area contributed by atoms with Gasteiger partial charge >= 0.3 is 0 Å². The summed E-state index contributed by atoms with van der Waals surface area (Å²) in [6.45, 7) is -0.320. The number of hydrogen-bond donors (Lipinski definition) is 2. The number of phenols is 1. The van der Waals surface area contributed by atoms with Crippen molar-refractivity contribution in [2.45, 2.75) is 0 Å². The van der Waals surface area contributed by atoms with Crippen LogP contribution in [-0.2, 0) is 4.79 Å². The van der Waals surface area contributed by atoms with Gasteiger partial charge in [-0.05, 0) is 24.3 Å². The fraction of sp³-hybridized carbons (Fsp3) is 0.125. The molecule has 2 aromatic carbocycles. The zero-order valence-corrected chi connectivity index (χ0v) is 13.2. The number of nitro groups is 1. The second kappa shape index (κ2) is 8.29. The van der Waals surface area contributed by atoms with Gasteiger partial charge in [-0.2, -0.15) is 5.10 Å². The molecule has 0 saturated carbocycles. The smallest absolute Gasteiger partial charge is 0.277 e. The van der Waals surface area contributed by atoms with Gasteiger partial charge in [0.2, 0.25) is 0 Å². The number of rotatable bonds is 7. The van der Waals surface area contributed by atoms with Gasteiger partial charge in [0.25, 0.3) is 11.6 Å². The van der Waals surface area contributed by atoms with Crippen molar-refractivity contribution in [1.29, 1.82) is 0 Å². The number of benzene rings is 2. The van der Waals surface area contributed by atoms with E-state index < -0.39 is 10.8 Å². The Morgan fingerprint density at radius 1 is 1.32 bits per heavy atom. The number of carbonyl (C=O) groups excluding carboxylic acids is 1. The minimum atomic E-state index is -0.531. The van der Waals surface area contributed by atoms with Gasteiger partial charge in [-0.25, -0.2) is 5.43 Å². The number of para-hydroxylation sites is 1. The number of nitrogens with one attached hydrogen (secondary N) is 1. The molecule has 9 heteroatoms. The van der Waals surface area contributed by atoms with Gasteiger partial charge in [0, 0.05) is 17.7 Å². The van der Waals surface area contributed by atoms with Gasteiger partial charge in [0.05, 0.1) is 18.2 Å². The molecular formula is C16H15N3O6. The molecule has 0 aliphatic carbocycles. The van der Waals surface area contributed by atoms with E-state index in [1.807, 2.05) is 0 Å². The van der Waals surface area contributed by atoms with E-state index in [4.69, 9.17) is 9.47 Å². The van der Waals surface area contributed by atoms with Gasteiger partial charge in [0.1, 0.15) is 5.75 Å². The highest BCUT2D eigenvalue weighted by Gasteiger charge is 2.07. The number of amides is 1. The van der Waals surface area contributed by atoms with E-state index in [1.54, 1.807) is 18.2 Å². The highest BCUT2D eigenvalue weighted by atomic mass is 16.6. The maximum atomic E-state index is 11.6. The first-order valence-corrected chi connectivity index (χ1v) is 7.06. The molecule has 0 radical (unpaired) electrons. The molecule has 0 aliphatic heterocycles. The summed E-state index contributed by atoms with van der Waals surface area (Å²) in [5.41, 5.74) is 2.54. The van der Waals surface area contributed by atoms with Crippen LogP contribution >= 0.6 is 0 Å². The summed E-state index contributed by atoms with van der Waals surface area (Å²) in [6.07, 6.45) is 1.27. The van der Waals surface area contributed by atoms with Crippen LogP contribution in [0.1, 0.15) is 5.56 Å². The van der Waals surface area contributed by atoms with Crippen LogP contribution < -0.4 is 14.9 Å². The lowest BCUT2D eigenvalue weighted by molar-refractivity contribution is -0.384. The van der Waals surface area contributed by atoms with E-state index >= 15 is 0 Å². The Hall–Kier alpha value is -3.62. The Bertz CT molecular complexity index is 789. The van der Waals surface area contributed by atoms with Gasteiger partial charge in [0.15, 0.2) is 18.1 Å². The van der Waals surface area contributed by atoms with Crippen LogP contribution in [0.3, 0.4) is 0 Å². The van der Waals surface area contributed by atoms with E-state index in [9.17, 15) is 20.0 Å². The predicted octanol–water partition coefficient (Wildman–Crippen LogP) is 1.84. The lowest BCUT2D eigenvalue weighted by Gasteiger charge is -2.06. The number of methoxy groups -OCH3 is 1. The number of aromatic hydroxyl groups is 1. The van der Waals surface area contributed by atoms with Crippen molar-refractivity contribution in [3.63, 3.8) is 0 Å². The van der Waals surface area contributed by atoms with Crippen molar-refractivity contribution in [3.8, 4) is 17.2 Å². The number of nitrogens with zero attached hydrogens (tertiary/aromatic N) is 2. The molecule has 2 N–H and O–H groups in total. The van der Waals surface area contributed by atoms with Crippen molar-refractivity contribution in [1.82, 2.24) is 5.43 Å². The molecule has 1 amide bonds. The summed E-state index contributed by atoms with van der Waals surface area (Å²) >= 11 is 0. The Kier molecular flexibility index (Phi) is 5.88. The largest absolute Gasteiger partial charge is 0.504 e. The van der Waals surface area contributed by atoms with Crippen LogP contribution in [0.4, 0.5) is 5.69 Å². The summed E-state index contributed by atoms with van der Waals surface area (Å²) in [5, 5.41) is 24.1. The van der Waals surface area contributed by atoms with Crippen LogP contribution in [-0.4, -0.2) is 35.9 Å². The zero-order chi connectivity index (χ0) is 18.2. The highest BCUT2D eigenvalue weighted by Crippen LogP contribution is 2.27. The second-order valence-corrected chi connectivity index (χ2v) is 4.73. The third kappa shape index (κ3) is 4.93. The first-order chi connectivity index (χ1) is 12.0. The molecule has 0 aliphatic rings. The van der Waals surface area contributed by atoms with Crippen LogP contribution in [0.5, 0.6) is 17.2 Å². The van der Waals surface area contributed by atoms with Crippen molar-refractivity contribution >= 4 is 17.8 Å². The molecule has 2 rings (SSSR count). The Morgan fingerprint density at radius 3 is 2.68 bits per heavy atom. The third-order valence-corrected chi connectivity index (χ3v) is 3.06. The topological polar surface area (TPSA) is 123 Å². The van der Waals surface area contributed by atoms with E-state index in [0.717, 1.165) is 0 Å². The molecule has 0 fully saturated rings. The minimum absolute atomic E-state index is 0.0699. The number of carbonyl (C=O) groups is 1. The van der Waals surface area contributed by atoms with Crippen LogP contribution in [0.2, 0.25) is 0 Å². The maximum Gasteiger partial charge on any atom is 0.277 e. The molecule has 0 atom stereocenters. The summed E-state index contributed by atoms with van der Waals surface area (Å²) in [6, 6.07) is 10.2. The molecule has 9 nitrogen and oxygen atoms in total. The lowest BCUT2D eigenvalue weighted by Crippen LogP contribution is -2.24. The van der Waals surface area contributed by atoms with E-state index in [-0.39, 0.29) is 23.8 Å². The maximum absolute atomic E-state index is 11.6. The number of hydrogen-bond acceptors (Lipinski definition) is 7. The van der Waals surface area contributed by atoms with Crippen LogP contribution in [0.25, 0.3) is 0 Å². The standard InChI is InChI=1S/C16H15N3O6/c1-24-14-4-2-3-11(16(14)21)9-17-18-15(20)10-25-13-7-5-12(6-8-13)19(22)23/h2-9,21H,10H2,1H3,(H,18,20). The Labute approximate surface area is 142 Å². The summed E-state index contributed by atoms with van der Waals surface area (Å²) in [4.78, 5) is 21.7. The normalized spacial score (nSPS) is 10.4. The van der Waals surface area contributed by atoms with Gasteiger partial charge in [-0.15, -0.1) is 0 Å². The third-order valence-electron chi connectivity index (χ3n) is 3.06. The average molecular weight is 345 g/mol. The van der Waals surface area contributed by atoms with Gasteiger partial charge in [-0.1, -0.05) is 6.07 Å². The minimum Gasteiger partial charge on any atom is -0.504 e. The number of ether oxygens (including phenoxy) is 2. The summed E-state index contributed by atoms with van der Waals surface area (Å²) < 4.78 is 10.2. The number of non-ortho nitro benzene ring substituents is 1. The van der Waals surface area contributed by atoms with E-state index in [2.05, 4.69) is 10.5 Å². The molecule has 0 unspecified atom stereocenters. The first kappa shape index (κ1) is 17.7. The summed E-state index contributed by atoms with van der Waals surface area (Å²) in [5.74, 6) is -0.0194. The molecule has 0 spiro atoms. The fourth-order valence-electron chi connectivity index (χ4n) is 1.83. The molecule has 0 aromatic heterocycles. The van der Waals surface area contributed by atoms with Gasteiger partial charge in [-0.3, -0.25) is 14.9 Å². The molecular weight excluding hydrogens is 330 g/mol. The number of hydrazone groups is 1. The van der Waals surface area contributed by atoms with Crippen molar-refractivity contribution in [3.05, 3.63) is 58.1 Å². The van der Waals surface area contributed by atoms with Crippen LogP contribution in [0.15, 0.2) is 47.6 Å². The first-order valence-electron chi connectivity index (χ1n) is 7.06. The molecule has 2 aromatic rings. The zero-order valence-electron chi connectivity index (χ0n) is 13.2. The summed E-state index contributed by atoms with van der Waals surface area (Å²) in [7, 11) is 1.42. The Morgan fingerprint density at radius 2 is 2.04 bits per heavy atom. The number of phenolic OH excluding ortho intramolecular Hbond substituents is 1. The average Bonchev–Trinajstić information content (AvgIpc) is 2.61. The molecule has 0 bridgehead atoms. The van der Waals surface area contributed by atoms with Gasteiger partial charge < -0.3 is 14.6 Å². The second-order valence-electron chi connectivity index (χ2n) is 4.73. The lowest BCUT2D eigenvalue weighted by atomic mass is 10.2. The molecule has 25 heavy (non-hydrogen) atoms. The predicted molar refractivity (Wildman–Crippen MR) is 89.0 cm³/mol. The monoisotopic (exact) mass is 345 g/mol. The molecule has 0 heterocycles. The molecule has 0 saturated heterocycles. The van der Waals surface area contributed by atoms with Crippen LogP contribution in [0, 0.1) is 10.1 Å². The highest BCUT2D eigenvalue weighted by molar-refractivity contribution is 5.86. The van der Waals surface area contributed by atoms with E-state index in [0.29, 0.717) is 11.3 Å². The quantitative estimate of drug-likeness (QED) is 0.448. The van der Waals surface area contributed by atoms with Crippen molar-refractivity contribution in [2.75, 3.05) is 13.7 Å². The van der Waals surface area contributed by atoms with E-state index in [1.165, 1.54) is 37.6 Å². The number of nitro benzene ring substituents is 1. The molecule has 130 valence electrons. The van der Waals surface area contributed by atoms with Crippen molar-refractivity contribution in [2.24, 2.45) is 5.10 Å². The fourth-order valence-corrected chi connectivity index (χ4v) is 1.83. The van der Waals surface area contributed by atoms with Crippen molar-refractivity contribution < 1.29 is 24.3 Å². The Balaban J connectivity index is 1.85.